The molecule has 0 aromatic heterocycles. The van der Waals surface area contributed by atoms with Gasteiger partial charge in [0.2, 0.25) is 22.7 Å². The first-order valence-corrected chi connectivity index (χ1v) is 11.4. The average molecular weight is 462 g/mol. The second-order valence-electron chi connectivity index (χ2n) is 8.23. The maximum absolute atomic E-state index is 12.4. The fraction of sp³-hybridized carbons (Fsp3) is 0.364. The summed E-state index contributed by atoms with van der Waals surface area (Å²) in [5, 5.41) is 5.34. The molecule has 9 nitrogen and oxygen atoms in total. The lowest BCUT2D eigenvalue weighted by Gasteiger charge is -2.26. The number of ether oxygens (including phenoxy) is 2. The third kappa shape index (κ3) is 5.20. The van der Waals surface area contributed by atoms with Crippen molar-refractivity contribution < 1.29 is 27.5 Å². The van der Waals surface area contributed by atoms with Gasteiger partial charge in [-0.05, 0) is 35.9 Å². The van der Waals surface area contributed by atoms with Crippen molar-refractivity contribution in [1.82, 2.24) is 14.9 Å². The van der Waals surface area contributed by atoms with Crippen molar-refractivity contribution in [3.05, 3.63) is 53.6 Å². The highest BCUT2D eigenvalue weighted by molar-refractivity contribution is 7.89. The maximum atomic E-state index is 12.4. The summed E-state index contributed by atoms with van der Waals surface area (Å²) >= 11 is 0. The highest BCUT2D eigenvalue weighted by Gasteiger charge is 2.25. The molecule has 1 aliphatic heterocycles. The number of carbonyl (C=O) groups is 2. The SMILES string of the molecule is CN(C)S(=O)(=O)c1cccc(C(=O)NCC(=O)NCC(C)(C)c2ccc3c(c2)OCO3)c1. The van der Waals surface area contributed by atoms with Crippen LogP contribution in [0.4, 0.5) is 0 Å². The van der Waals surface area contributed by atoms with Crippen LogP contribution in [0.3, 0.4) is 0 Å². The van der Waals surface area contributed by atoms with Gasteiger partial charge >= 0.3 is 0 Å². The van der Waals surface area contributed by atoms with Gasteiger partial charge in [-0.2, -0.15) is 0 Å². The molecular formula is C22H27N3O6S. The Labute approximate surface area is 187 Å². The minimum Gasteiger partial charge on any atom is -0.454 e. The summed E-state index contributed by atoms with van der Waals surface area (Å²) in [6, 6.07) is 11.3. The summed E-state index contributed by atoms with van der Waals surface area (Å²) in [5.74, 6) is 0.474. The molecule has 10 heteroatoms. The fourth-order valence-corrected chi connectivity index (χ4v) is 4.02. The van der Waals surface area contributed by atoms with Crippen LogP contribution in [0.15, 0.2) is 47.4 Å². The first-order chi connectivity index (χ1) is 15.0. The molecule has 0 saturated heterocycles. The number of benzene rings is 2. The van der Waals surface area contributed by atoms with Gasteiger partial charge in [0, 0.05) is 31.6 Å². The van der Waals surface area contributed by atoms with Gasteiger partial charge in [-0.1, -0.05) is 26.0 Å². The van der Waals surface area contributed by atoms with Crippen LogP contribution in [0.2, 0.25) is 0 Å². The van der Waals surface area contributed by atoms with Crippen LogP contribution in [0.25, 0.3) is 0 Å². The van der Waals surface area contributed by atoms with Crippen molar-refractivity contribution in [1.29, 1.82) is 0 Å². The Balaban J connectivity index is 1.55. The van der Waals surface area contributed by atoms with Crippen molar-refractivity contribution in [2.75, 3.05) is 34.0 Å². The molecule has 0 aliphatic carbocycles. The Kier molecular flexibility index (Phi) is 6.75. The van der Waals surface area contributed by atoms with Crippen LogP contribution < -0.4 is 20.1 Å². The third-order valence-electron chi connectivity index (χ3n) is 5.17. The summed E-state index contributed by atoms with van der Waals surface area (Å²) in [5.41, 5.74) is 0.751. The Bertz CT molecular complexity index is 1130. The first kappa shape index (κ1) is 23.6. The second-order valence-corrected chi connectivity index (χ2v) is 10.4. The molecule has 2 N–H and O–H groups in total. The molecule has 0 atom stereocenters. The number of hydrogen-bond acceptors (Lipinski definition) is 6. The number of nitrogens with zero attached hydrogens (tertiary/aromatic N) is 1. The molecule has 0 unspecified atom stereocenters. The lowest BCUT2D eigenvalue weighted by atomic mass is 9.84. The molecule has 3 rings (SSSR count). The molecule has 0 saturated carbocycles. The van der Waals surface area contributed by atoms with Gasteiger partial charge in [0.1, 0.15) is 0 Å². The molecule has 32 heavy (non-hydrogen) atoms. The van der Waals surface area contributed by atoms with Crippen molar-refractivity contribution in [2.45, 2.75) is 24.2 Å². The van der Waals surface area contributed by atoms with E-state index in [1.165, 1.54) is 38.4 Å². The number of sulfonamides is 1. The van der Waals surface area contributed by atoms with Gasteiger partial charge in [-0.25, -0.2) is 12.7 Å². The summed E-state index contributed by atoms with van der Waals surface area (Å²) in [6.07, 6.45) is 0. The molecule has 2 aromatic rings. The summed E-state index contributed by atoms with van der Waals surface area (Å²) < 4.78 is 36.3. The fourth-order valence-electron chi connectivity index (χ4n) is 3.07. The Morgan fingerprint density at radius 1 is 1.03 bits per heavy atom. The van der Waals surface area contributed by atoms with Gasteiger partial charge in [0.25, 0.3) is 5.91 Å². The Morgan fingerprint density at radius 3 is 2.47 bits per heavy atom. The maximum Gasteiger partial charge on any atom is 0.251 e. The van der Waals surface area contributed by atoms with Crippen LogP contribution in [0.1, 0.15) is 29.8 Å². The van der Waals surface area contributed by atoms with E-state index < -0.39 is 15.9 Å². The number of nitrogens with one attached hydrogen (secondary N) is 2. The van der Waals surface area contributed by atoms with Crippen LogP contribution >= 0.6 is 0 Å². The van der Waals surface area contributed by atoms with Crippen LogP contribution in [0, 0.1) is 0 Å². The standard InChI is InChI=1S/C22H27N3O6S/c1-22(2,16-8-9-18-19(11-16)31-14-30-18)13-24-20(26)12-23-21(27)15-6-5-7-17(10-15)32(28,29)25(3)4/h5-11H,12-14H2,1-4H3,(H,23,27)(H,24,26). The number of fused-ring (bicyclic) bond motifs is 1. The zero-order chi connectivity index (χ0) is 23.5. The molecule has 2 amide bonds. The van der Waals surface area contributed by atoms with Crippen molar-refractivity contribution in [3.63, 3.8) is 0 Å². The third-order valence-corrected chi connectivity index (χ3v) is 6.98. The normalized spacial score (nSPS) is 13.2. The van der Waals surface area contributed by atoms with Crippen LogP contribution in [0.5, 0.6) is 11.5 Å². The van der Waals surface area contributed by atoms with E-state index in [0.717, 1.165) is 9.87 Å². The van der Waals surface area contributed by atoms with E-state index in [1.807, 2.05) is 32.0 Å². The molecule has 0 spiro atoms. The molecule has 0 bridgehead atoms. The van der Waals surface area contributed by atoms with E-state index >= 15 is 0 Å². The van der Waals surface area contributed by atoms with Gasteiger partial charge in [-0.3, -0.25) is 9.59 Å². The second kappa shape index (κ2) is 9.17. The van der Waals surface area contributed by atoms with Gasteiger partial charge in [0.05, 0.1) is 11.4 Å². The van der Waals surface area contributed by atoms with E-state index in [4.69, 9.17) is 9.47 Å². The van der Waals surface area contributed by atoms with Crippen molar-refractivity contribution >= 4 is 21.8 Å². The molecule has 1 aliphatic rings. The lowest BCUT2D eigenvalue weighted by molar-refractivity contribution is -0.120. The van der Waals surface area contributed by atoms with Crippen LogP contribution in [-0.4, -0.2) is 58.5 Å². The summed E-state index contributed by atoms with van der Waals surface area (Å²) in [7, 11) is -0.834. The van der Waals surface area contributed by atoms with E-state index in [9.17, 15) is 18.0 Å². The highest BCUT2D eigenvalue weighted by Crippen LogP contribution is 2.36. The monoisotopic (exact) mass is 461 g/mol. The summed E-state index contributed by atoms with van der Waals surface area (Å²) in [4.78, 5) is 24.7. The van der Waals surface area contributed by atoms with E-state index in [0.29, 0.717) is 18.0 Å². The molecule has 2 aromatic carbocycles. The number of hydrogen-bond donors (Lipinski definition) is 2. The summed E-state index contributed by atoms with van der Waals surface area (Å²) in [6.45, 7) is 4.28. The predicted octanol–water partition coefficient (Wildman–Crippen LogP) is 1.49. The minimum absolute atomic E-state index is 0.00470. The van der Waals surface area contributed by atoms with Crippen molar-refractivity contribution in [3.8, 4) is 11.5 Å². The smallest absolute Gasteiger partial charge is 0.251 e. The largest absolute Gasteiger partial charge is 0.454 e. The molecule has 0 fully saturated rings. The average Bonchev–Trinajstić information content (AvgIpc) is 3.24. The molecule has 1 heterocycles. The zero-order valence-electron chi connectivity index (χ0n) is 18.5. The number of rotatable bonds is 8. The van der Waals surface area contributed by atoms with Gasteiger partial charge < -0.3 is 20.1 Å². The minimum atomic E-state index is -3.66. The van der Waals surface area contributed by atoms with E-state index in [-0.39, 0.29) is 35.1 Å². The predicted molar refractivity (Wildman–Crippen MR) is 118 cm³/mol. The van der Waals surface area contributed by atoms with E-state index in [1.54, 1.807) is 0 Å². The van der Waals surface area contributed by atoms with Crippen molar-refractivity contribution in [2.24, 2.45) is 0 Å². The topological polar surface area (TPSA) is 114 Å². The Hall–Kier alpha value is -3.11. The van der Waals surface area contributed by atoms with Gasteiger partial charge in [0.15, 0.2) is 11.5 Å². The Morgan fingerprint density at radius 2 is 1.75 bits per heavy atom. The molecule has 172 valence electrons. The lowest BCUT2D eigenvalue weighted by Crippen LogP contribution is -2.42. The number of carbonyl (C=O) groups excluding carboxylic acids is 2. The highest BCUT2D eigenvalue weighted by atomic mass is 32.2. The van der Waals surface area contributed by atoms with E-state index in [2.05, 4.69) is 10.6 Å². The van der Waals surface area contributed by atoms with Crippen LogP contribution in [-0.2, 0) is 20.2 Å². The zero-order valence-corrected chi connectivity index (χ0v) is 19.3. The molecule has 0 radical (unpaired) electrons. The van der Waals surface area contributed by atoms with Gasteiger partial charge in [-0.15, -0.1) is 0 Å². The number of amides is 2. The first-order valence-electron chi connectivity index (χ1n) is 9.98. The molecular weight excluding hydrogens is 434 g/mol. The quantitative estimate of drug-likeness (QED) is 0.616.